The Hall–Kier alpha value is -2.23. The van der Waals surface area contributed by atoms with Crippen molar-refractivity contribution in [1.29, 1.82) is 0 Å². The van der Waals surface area contributed by atoms with Gasteiger partial charge in [0.15, 0.2) is 12.1 Å². The Morgan fingerprint density at radius 3 is 2.76 bits per heavy atom. The van der Waals surface area contributed by atoms with Gasteiger partial charge in [-0.05, 0) is 29.8 Å². The minimum atomic E-state index is -0.365. The molecule has 3 nitrogen and oxygen atoms in total. The average Bonchev–Trinajstić information content (AvgIpc) is 2.77. The number of ketones is 1. The maximum Gasteiger partial charge on any atom is 0.183 e. The Labute approximate surface area is 97.3 Å². The number of H-pyrrole nitrogens is 1. The molecular weight excluding hydrogens is 221 g/mol. The monoisotopic (exact) mass is 231 g/mol. The Kier molecular flexibility index (Phi) is 3.14. The van der Waals surface area contributed by atoms with Gasteiger partial charge in [0.1, 0.15) is 5.82 Å². The van der Waals surface area contributed by atoms with Gasteiger partial charge < -0.3 is 4.98 Å². The maximum atomic E-state index is 12.9. The number of aromatic amines is 1. The number of carbonyl (C=O) groups is 2. The van der Waals surface area contributed by atoms with Gasteiger partial charge in [0.25, 0.3) is 0 Å². The quantitative estimate of drug-likeness (QED) is 0.648. The van der Waals surface area contributed by atoms with Gasteiger partial charge >= 0.3 is 0 Å². The summed E-state index contributed by atoms with van der Waals surface area (Å²) in [4.78, 5) is 24.9. The van der Waals surface area contributed by atoms with Crippen molar-refractivity contribution in [2.75, 3.05) is 0 Å². The molecule has 17 heavy (non-hydrogen) atoms. The largest absolute Gasteiger partial charge is 0.350 e. The van der Waals surface area contributed by atoms with Crippen LogP contribution in [0.15, 0.2) is 36.4 Å². The van der Waals surface area contributed by atoms with Gasteiger partial charge in [-0.15, -0.1) is 0 Å². The Morgan fingerprint density at radius 1 is 1.29 bits per heavy atom. The fourth-order valence-corrected chi connectivity index (χ4v) is 1.57. The molecule has 0 amide bonds. The van der Waals surface area contributed by atoms with Crippen LogP contribution in [0.3, 0.4) is 0 Å². The predicted molar refractivity (Wildman–Crippen MR) is 60.6 cm³/mol. The third kappa shape index (κ3) is 2.66. The van der Waals surface area contributed by atoms with Gasteiger partial charge in [0.2, 0.25) is 0 Å². The van der Waals surface area contributed by atoms with Gasteiger partial charge in [-0.3, -0.25) is 9.59 Å². The molecule has 2 rings (SSSR count). The van der Waals surface area contributed by atoms with Crippen molar-refractivity contribution >= 4 is 12.1 Å². The number of aromatic nitrogens is 1. The molecule has 1 N–H and O–H groups in total. The molecule has 0 unspecified atom stereocenters. The molecule has 0 aliphatic heterocycles. The summed E-state index contributed by atoms with van der Waals surface area (Å²) in [5.41, 5.74) is 1.32. The summed E-state index contributed by atoms with van der Waals surface area (Å²) >= 11 is 0. The highest BCUT2D eigenvalue weighted by molar-refractivity contribution is 5.96. The number of halogens is 1. The first-order valence-electron chi connectivity index (χ1n) is 5.11. The van der Waals surface area contributed by atoms with Crippen molar-refractivity contribution < 1.29 is 14.0 Å². The van der Waals surface area contributed by atoms with Crippen LogP contribution in [-0.4, -0.2) is 17.1 Å². The Morgan fingerprint density at radius 2 is 2.12 bits per heavy atom. The fraction of sp³-hybridized carbons (Fsp3) is 0.0769. The molecule has 0 bridgehead atoms. The predicted octanol–water partition coefficient (Wildman–Crippen LogP) is 2.39. The first-order chi connectivity index (χ1) is 8.19. The van der Waals surface area contributed by atoms with Crippen molar-refractivity contribution in [3.8, 4) is 0 Å². The summed E-state index contributed by atoms with van der Waals surface area (Å²) in [5.74, 6) is -0.543. The zero-order valence-electron chi connectivity index (χ0n) is 8.94. The SMILES string of the molecule is O=Cc1ccc(C(=O)Cc2cccc(F)c2)[nH]1. The van der Waals surface area contributed by atoms with Crippen LogP contribution in [0, 0.1) is 5.82 Å². The molecule has 1 aromatic heterocycles. The van der Waals surface area contributed by atoms with Crippen molar-refractivity contribution in [1.82, 2.24) is 4.98 Å². The second-order valence-electron chi connectivity index (χ2n) is 3.68. The van der Waals surface area contributed by atoms with Crippen LogP contribution in [-0.2, 0) is 6.42 Å². The lowest BCUT2D eigenvalue weighted by atomic mass is 10.1. The van der Waals surface area contributed by atoms with E-state index >= 15 is 0 Å². The maximum absolute atomic E-state index is 12.9. The molecule has 2 aromatic rings. The highest BCUT2D eigenvalue weighted by atomic mass is 19.1. The van der Waals surface area contributed by atoms with Crippen LogP contribution in [0.4, 0.5) is 4.39 Å². The molecule has 0 spiro atoms. The lowest BCUT2D eigenvalue weighted by Crippen LogP contribution is -2.04. The molecule has 1 heterocycles. The zero-order chi connectivity index (χ0) is 12.3. The summed E-state index contributed by atoms with van der Waals surface area (Å²) in [7, 11) is 0. The van der Waals surface area contributed by atoms with Crippen molar-refractivity contribution in [2.45, 2.75) is 6.42 Å². The van der Waals surface area contributed by atoms with Gasteiger partial charge in [-0.1, -0.05) is 12.1 Å². The van der Waals surface area contributed by atoms with Gasteiger partial charge in [-0.25, -0.2) is 4.39 Å². The molecule has 86 valence electrons. The number of hydrogen-bond donors (Lipinski definition) is 1. The summed E-state index contributed by atoms with van der Waals surface area (Å²) in [6.07, 6.45) is 0.746. The number of nitrogens with one attached hydrogen (secondary N) is 1. The van der Waals surface area contributed by atoms with Crippen LogP contribution >= 0.6 is 0 Å². The molecular formula is C13H10FNO2. The van der Waals surface area contributed by atoms with E-state index in [0.717, 1.165) is 0 Å². The standard InChI is InChI=1S/C13H10FNO2/c14-10-3-1-2-9(6-10)7-13(17)12-5-4-11(8-16)15-12/h1-6,8,15H,7H2. The van der Waals surface area contributed by atoms with Crippen molar-refractivity contribution in [2.24, 2.45) is 0 Å². The second kappa shape index (κ2) is 4.74. The molecule has 4 heteroatoms. The molecule has 0 radical (unpaired) electrons. The zero-order valence-corrected chi connectivity index (χ0v) is 8.94. The van der Waals surface area contributed by atoms with E-state index in [4.69, 9.17) is 0 Å². The number of aldehydes is 1. The number of rotatable bonds is 4. The number of benzene rings is 1. The molecule has 1 aromatic carbocycles. The van der Waals surface area contributed by atoms with Gasteiger partial charge in [-0.2, -0.15) is 0 Å². The van der Waals surface area contributed by atoms with Crippen LogP contribution in [0.1, 0.15) is 26.5 Å². The minimum absolute atomic E-state index is 0.108. The van der Waals surface area contributed by atoms with E-state index in [1.807, 2.05) is 0 Å². The number of carbonyl (C=O) groups excluding carboxylic acids is 2. The Bertz CT molecular complexity index is 560. The van der Waals surface area contributed by atoms with Gasteiger partial charge in [0.05, 0.1) is 11.4 Å². The van der Waals surface area contributed by atoms with Crippen molar-refractivity contribution in [3.05, 3.63) is 59.2 Å². The summed E-state index contributed by atoms with van der Waals surface area (Å²) in [6.45, 7) is 0. The summed E-state index contributed by atoms with van der Waals surface area (Å²) in [5, 5.41) is 0. The van der Waals surface area contributed by atoms with E-state index in [-0.39, 0.29) is 18.0 Å². The minimum Gasteiger partial charge on any atom is -0.350 e. The summed E-state index contributed by atoms with van der Waals surface area (Å²) < 4.78 is 12.9. The first kappa shape index (κ1) is 11.3. The average molecular weight is 231 g/mol. The third-order valence-electron chi connectivity index (χ3n) is 2.39. The topological polar surface area (TPSA) is 49.9 Å². The van der Waals surface area contributed by atoms with Crippen LogP contribution in [0.5, 0.6) is 0 Å². The molecule has 0 aliphatic rings. The van der Waals surface area contributed by atoms with Crippen LogP contribution in [0.25, 0.3) is 0 Å². The smallest absolute Gasteiger partial charge is 0.183 e. The van der Waals surface area contributed by atoms with E-state index in [1.165, 1.54) is 18.2 Å². The molecule has 0 aliphatic carbocycles. The van der Waals surface area contributed by atoms with E-state index in [0.29, 0.717) is 23.2 Å². The molecule has 0 atom stereocenters. The van der Waals surface area contributed by atoms with Crippen molar-refractivity contribution in [3.63, 3.8) is 0 Å². The summed E-state index contributed by atoms with van der Waals surface area (Å²) in [6, 6.07) is 8.97. The van der Waals surface area contributed by atoms with Gasteiger partial charge in [0, 0.05) is 6.42 Å². The normalized spacial score (nSPS) is 10.2. The first-order valence-corrected chi connectivity index (χ1v) is 5.11. The van der Waals surface area contributed by atoms with E-state index in [2.05, 4.69) is 4.98 Å². The van der Waals surface area contributed by atoms with E-state index in [9.17, 15) is 14.0 Å². The number of hydrogen-bond acceptors (Lipinski definition) is 2. The third-order valence-corrected chi connectivity index (χ3v) is 2.39. The highest BCUT2D eigenvalue weighted by Gasteiger charge is 2.09. The molecule has 0 saturated carbocycles. The lowest BCUT2D eigenvalue weighted by Gasteiger charge is -1.99. The fourth-order valence-electron chi connectivity index (χ4n) is 1.57. The lowest BCUT2D eigenvalue weighted by molar-refractivity contribution is 0.0989. The van der Waals surface area contributed by atoms with Crippen LogP contribution in [0.2, 0.25) is 0 Å². The molecule has 0 fully saturated rings. The van der Waals surface area contributed by atoms with E-state index in [1.54, 1.807) is 18.2 Å². The van der Waals surface area contributed by atoms with E-state index < -0.39 is 0 Å². The Balaban J connectivity index is 2.14. The van der Waals surface area contributed by atoms with Crippen LogP contribution < -0.4 is 0 Å². The second-order valence-corrected chi connectivity index (χ2v) is 3.68. The molecule has 0 saturated heterocycles. The number of Topliss-reactive ketones (excluding diaryl/α,β-unsaturated/α-hetero) is 1. The highest BCUT2D eigenvalue weighted by Crippen LogP contribution is 2.09.